The van der Waals surface area contributed by atoms with Crippen molar-refractivity contribution >= 4 is 33.2 Å². The minimum Gasteiger partial charge on any atom is -0.494 e. The highest BCUT2D eigenvalue weighted by Crippen LogP contribution is 2.24. The van der Waals surface area contributed by atoms with Crippen LogP contribution in [0.2, 0.25) is 0 Å². The van der Waals surface area contributed by atoms with Crippen LogP contribution in [0.15, 0.2) is 46.4 Å². The van der Waals surface area contributed by atoms with Crippen molar-refractivity contribution in [1.82, 2.24) is 14.7 Å². The van der Waals surface area contributed by atoms with Crippen molar-refractivity contribution < 1.29 is 9.53 Å². The predicted octanol–water partition coefficient (Wildman–Crippen LogP) is 4.29. The summed E-state index contributed by atoms with van der Waals surface area (Å²) in [5.74, 6) is 0.597. The molecule has 0 saturated heterocycles. The Kier molecular flexibility index (Phi) is 5.24. The Labute approximate surface area is 159 Å². The molecule has 0 aliphatic carbocycles. The number of carbonyl (C=O) groups excluding carboxylic acids is 1. The van der Waals surface area contributed by atoms with Gasteiger partial charge in [-0.3, -0.25) is 4.79 Å². The second-order valence-corrected chi connectivity index (χ2v) is 7.62. The lowest BCUT2D eigenvalue weighted by Gasteiger charge is -2.14. The SMILES string of the molecule is COc1ccc(C)cc1-n1ccc(C(=O)N(C)Cc2cc(Br)cs2)n1. The van der Waals surface area contributed by atoms with E-state index in [9.17, 15) is 4.79 Å². The number of halogens is 1. The third-order valence-electron chi connectivity index (χ3n) is 3.75. The molecule has 0 atom stereocenters. The van der Waals surface area contributed by atoms with Crippen LogP contribution in [0.4, 0.5) is 0 Å². The van der Waals surface area contributed by atoms with Crippen LogP contribution in [0.25, 0.3) is 5.69 Å². The van der Waals surface area contributed by atoms with Crippen molar-refractivity contribution in [3.8, 4) is 11.4 Å². The van der Waals surface area contributed by atoms with Gasteiger partial charge in [0, 0.05) is 28.0 Å². The molecule has 0 saturated carbocycles. The lowest BCUT2D eigenvalue weighted by molar-refractivity contribution is 0.0780. The number of ether oxygens (including phenoxy) is 1. The van der Waals surface area contributed by atoms with Crippen molar-refractivity contribution in [3.63, 3.8) is 0 Å². The topological polar surface area (TPSA) is 47.4 Å². The highest BCUT2D eigenvalue weighted by atomic mass is 79.9. The van der Waals surface area contributed by atoms with E-state index in [4.69, 9.17) is 4.74 Å². The Bertz CT molecular complexity index is 903. The van der Waals surface area contributed by atoms with Gasteiger partial charge in [0.05, 0.1) is 13.7 Å². The van der Waals surface area contributed by atoms with Gasteiger partial charge in [-0.15, -0.1) is 11.3 Å². The van der Waals surface area contributed by atoms with Gasteiger partial charge in [0.15, 0.2) is 5.69 Å². The molecule has 25 heavy (non-hydrogen) atoms. The van der Waals surface area contributed by atoms with Crippen LogP contribution >= 0.6 is 27.3 Å². The molecule has 2 heterocycles. The smallest absolute Gasteiger partial charge is 0.274 e. The fourth-order valence-corrected chi connectivity index (χ4v) is 3.99. The van der Waals surface area contributed by atoms with Crippen LogP contribution in [0.3, 0.4) is 0 Å². The zero-order chi connectivity index (χ0) is 18.0. The van der Waals surface area contributed by atoms with Crippen molar-refractivity contribution in [1.29, 1.82) is 0 Å². The number of aromatic nitrogens is 2. The summed E-state index contributed by atoms with van der Waals surface area (Å²) in [6, 6.07) is 9.60. The van der Waals surface area contributed by atoms with Crippen LogP contribution in [0, 0.1) is 6.92 Å². The quantitative estimate of drug-likeness (QED) is 0.619. The summed E-state index contributed by atoms with van der Waals surface area (Å²) in [7, 11) is 3.40. The number of benzene rings is 1. The maximum Gasteiger partial charge on any atom is 0.274 e. The number of carbonyl (C=O) groups is 1. The summed E-state index contributed by atoms with van der Waals surface area (Å²) in [6.45, 7) is 2.56. The van der Waals surface area contributed by atoms with Crippen LogP contribution in [-0.4, -0.2) is 34.7 Å². The molecule has 3 rings (SSSR count). The average Bonchev–Trinajstić information content (AvgIpc) is 3.23. The minimum atomic E-state index is -0.116. The van der Waals surface area contributed by atoms with Gasteiger partial charge in [0.1, 0.15) is 11.4 Å². The molecule has 0 radical (unpaired) electrons. The zero-order valence-corrected chi connectivity index (χ0v) is 16.6. The fraction of sp³-hybridized carbons (Fsp3) is 0.222. The monoisotopic (exact) mass is 419 g/mol. The molecule has 0 spiro atoms. The first-order chi connectivity index (χ1) is 12.0. The molecule has 2 aromatic heterocycles. The van der Waals surface area contributed by atoms with E-state index in [1.165, 1.54) is 0 Å². The van der Waals surface area contributed by atoms with Gasteiger partial charge in [-0.05, 0) is 52.7 Å². The number of nitrogens with zero attached hydrogens (tertiary/aromatic N) is 3. The lowest BCUT2D eigenvalue weighted by Crippen LogP contribution is -2.26. The molecule has 0 bridgehead atoms. The molecule has 5 nitrogen and oxygen atoms in total. The Balaban J connectivity index is 1.81. The first-order valence-corrected chi connectivity index (χ1v) is 9.34. The van der Waals surface area contributed by atoms with Gasteiger partial charge in [0.2, 0.25) is 0 Å². The Hall–Kier alpha value is -2.12. The van der Waals surface area contributed by atoms with Crippen molar-refractivity contribution in [2.45, 2.75) is 13.5 Å². The van der Waals surface area contributed by atoms with Crippen LogP contribution in [-0.2, 0) is 6.54 Å². The van der Waals surface area contributed by atoms with Gasteiger partial charge in [0.25, 0.3) is 5.91 Å². The fourth-order valence-electron chi connectivity index (χ4n) is 2.49. The van der Waals surface area contributed by atoms with Crippen LogP contribution in [0.5, 0.6) is 5.75 Å². The highest BCUT2D eigenvalue weighted by molar-refractivity contribution is 9.10. The number of thiophene rings is 1. The van der Waals surface area contributed by atoms with Gasteiger partial charge in [-0.1, -0.05) is 6.07 Å². The minimum absolute atomic E-state index is 0.116. The highest BCUT2D eigenvalue weighted by Gasteiger charge is 2.17. The van der Waals surface area contributed by atoms with Gasteiger partial charge in [-0.2, -0.15) is 5.10 Å². The normalized spacial score (nSPS) is 10.7. The first-order valence-electron chi connectivity index (χ1n) is 7.67. The van der Waals surface area contributed by atoms with E-state index in [1.54, 1.807) is 47.3 Å². The van der Waals surface area contributed by atoms with Gasteiger partial charge >= 0.3 is 0 Å². The third kappa shape index (κ3) is 3.93. The summed E-state index contributed by atoms with van der Waals surface area (Å²) >= 11 is 5.05. The molecular formula is C18H18BrN3O2S. The number of methoxy groups -OCH3 is 1. The van der Waals surface area contributed by atoms with E-state index in [0.717, 1.165) is 20.6 Å². The summed E-state index contributed by atoms with van der Waals surface area (Å²) in [5, 5.41) is 6.44. The molecule has 0 aliphatic heterocycles. The largest absolute Gasteiger partial charge is 0.494 e. The summed E-state index contributed by atoms with van der Waals surface area (Å²) in [6.07, 6.45) is 1.78. The number of aryl methyl sites for hydroxylation is 1. The maximum atomic E-state index is 12.6. The number of hydrogen-bond acceptors (Lipinski definition) is 4. The second-order valence-electron chi connectivity index (χ2n) is 5.71. The molecule has 3 aromatic rings. The second kappa shape index (κ2) is 7.41. The molecule has 0 fully saturated rings. The first kappa shape index (κ1) is 17.7. The molecule has 1 aromatic carbocycles. The standard InChI is InChI=1S/C18H18BrN3O2S/c1-12-4-5-17(24-3)16(8-12)22-7-6-15(20-22)18(23)21(2)10-14-9-13(19)11-25-14/h4-9,11H,10H2,1-3H3. The van der Waals surface area contributed by atoms with Gasteiger partial charge < -0.3 is 9.64 Å². The maximum absolute atomic E-state index is 12.6. The number of amides is 1. The molecule has 0 N–H and O–H groups in total. The van der Waals surface area contributed by atoms with Gasteiger partial charge in [-0.25, -0.2) is 4.68 Å². The molecule has 130 valence electrons. The van der Waals surface area contributed by atoms with Crippen molar-refractivity contribution in [3.05, 3.63) is 62.5 Å². The van der Waals surface area contributed by atoms with E-state index >= 15 is 0 Å². The van der Waals surface area contributed by atoms with Crippen LogP contribution < -0.4 is 4.74 Å². The average molecular weight is 420 g/mol. The third-order valence-corrected chi connectivity index (χ3v) is 5.43. The Morgan fingerprint density at radius 1 is 1.36 bits per heavy atom. The zero-order valence-electron chi connectivity index (χ0n) is 14.2. The Morgan fingerprint density at radius 2 is 2.16 bits per heavy atom. The van der Waals surface area contributed by atoms with E-state index in [2.05, 4.69) is 21.0 Å². The molecule has 1 amide bonds. The summed E-state index contributed by atoms with van der Waals surface area (Å²) in [4.78, 5) is 15.4. The molecule has 0 unspecified atom stereocenters. The molecule has 7 heteroatoms. The number of rotatable bonds is 5. The Morgan fingerprint density at radius 3 is 2.84 bits per heavy atom. The molecule has 0 aliphatic rings. The molecular weight excluding hydrogens is 402 g/mol. The predicted molar refractivity (Wildman–Crippen MR) is 103 cm³/mol. The summed E-state index contributed by atoms with van der Waals surface area (Å²) < 4.78 is 8.10. The van der Waals surface area contributed by atoms with Crippen molar-refractivity contribution in [2.75, 3.05) is 14.2 Å². The van der Waals surface area contributed by atoms with Crippen LogP contribution in [0.1, 0.15) is 20.9 Å². The number of hydrogen-bond donors (Lipinski definition) is 0. The van der Waals surface area contributed by atoms with E-state index < -0.39 is 0 Å². The van der Waals surface area contributed by atoms with E-state index in [0.29, 0.717) is 18.0 Å². The summed E-state index contributed by atoms with van der Waals surface area (Å²) in [5.41, 5.74) is 2.31. The van der Waals surface area contributed by atoms with E-state index in [1.807, 2.05) is 36.6 Å². The van der Waals surface area contributed by atoms with E-state index in [-0.39, 0.29) is 5.91 Å². The van der Waals surface area contributed by atoms with Crippen molar-refractivity contribution in [2.24, 2.45) is 0 Å². The lowest BCUT2D eigenvalue weighted by atomic mass is 10.2.